The molecule has 0 fully saturated rings. The summed E-state index contributed by atoms with van der Waals surface area (Å²) in [5.74, 6) is 0.575. The average molecular weight is 491 g/mol. The summed E-state index contributed by atoms with van der Waals surface area (Å²) < 4.78 is 44.5. The predicted molar refractivity (Wildman–Crippen MR) is 127 cm³/mol. The number of sulfonamides is 1. The highest BCUT2D eigenvalue weighted by atomic mass is 35.5. The van der Waals surface area contributed by atoms with E-state index in [0.29, 0.717) is 23.7 Å². The number of nitrogens with one attached hydrogen (secondary N) is 2. The van der Waals surface area contributed by atoms with Gasteiger partial charge in [-0.25, -0.2) is 8.42 Å². The van der Waals surface area contributed by atoms with Gasteiger partial charge in [0.1, 0.15) is 10.6 Å². The molecular weight excluding hydrogens is 468 g/mol. The zero-order valence-corrected chi connectivity index (χ0v) is 19.8. The summed E-state index contributed by atoms with van der Waals surface area (Å²) >= 11 is 6.08. The van der Waals surface area contributed by atoms with E-state index >= 15 is 0 Å². The van der Waals surface area contributed by atoms with Crippen LogP contribution in [0.4, 0.5) is 11.4 Å². The third kappa shape index (κ3) is 5.68. The molecule has 174 valence electrons. The Kier molecular flexibility index (Phi) is 7.67. The molecule has 33 heavy (non-hydrogen) atoms. The van der Waals surface area contributed by atoms with Crippen LogP contribution in [0.25, 0.3) is 0 Å². The number of amides is 1. The third-order valence-electron chi connectivity index (χ3n) is 4.55. The molecule has 0 aromatic heterocycles. The van der Waals surface area contributed by atoms with Crippen molar-refractivity contribution in [3.63, 3.8) is 0 Å². The van der Waals surface area contributed by atoms with Crippen LogP contribution >= 0.6 is 11.6 Å². The SMILES string of the molecule is CCOc1ccc(C(=O)Nc2ccc(OC)c(S(=O)(=O)Nc3ccccc3Cl)c2)cc1OC. The molecule has 0 aliphatic carbocycles. The summed E-state index contributed by atoms with van der Waals surface area (Å²) in [5, 5.41) is 2.94. The van der Waals surface area contributed by atoms with E-state index in [0.717, 1.165) is 0 Å². The summed E-state index contributed by atoms with van der Waals surface area (Å²) in [5.41, 5.74) is 0.787. The van der Waals surface area contributed by atoms with Gasteiger partial charge >= 0.3 is 0 Å². The molecule has 3 aromatic carbocycles. The Morgan fingerprint density at radius 2 is 1.64 bits per heavy atom. The summed E-state index contributed by atoms with van der Waals surface area (Å²) in [7, 11) is -1.24. The first-order valence-electron chi connectivity index (χ1n) is 9.86. The van der Waals surface area contributed by atoms with E-state index in [4.69, 9.17) is 25.8 Å². The topological polar surface area (TPSA) is 103 Å². The van der Waals surface area contributed by atoms with Crippen molar-refractivity contribution in [1.29, 1.82) is 0 Å². The average Bonchev–Trinajstić information content (AvgIpc) is 2.80. The molecular formula is C23H23ClN2O6S. The van der Waals surface area contributed by atoms with Gasteiger partial charge < -0.3 is 19.5 Å². The number of carbonyl (C=O) groups excluding carboxylic acids is 1. The Morgan fingerprint density at radius 1 is 0.939 bits per heavy atom. The number of benzene rings is 3. The van der Waals surface area contributed by atoms with Crippen LogP contribution in [0, 0.1) is 0 Å². The standard InChI is InChI=1S/C23H23ClN2O6S/c1-4-32-19-11-9-15(13-21(19)31-3)23(27)25-16-10-12-20(30-2)22(14-16)33(28,29)26-18-8-6-5-7-17(18)24/h5-14,26H,4H2,1-3H3,(H,25,27). The van der Waals surface area contributed by atoms with Crippen LogP contribution in [0.1, 0.15) is 17.3 Å². The van der Waals surface area contributed by atoms with Crippen molar-refractivity contribution in [2.75, 3.05) is 30.9 Å². The molecule has 1 amide bonds. The number of ether oxygens (including phenoxy) is 3. The van der Waals surface area contributed by atoms with Crippen molar-refractivity contribution in [2.24, 2.45) is 0 Å². The van der Waals surface area contributed by atoms with Gasteiger partial charge in [0.05, 0.1) is 31.5 Å². The zero-order chi connectivity index (χ0) is 24.0. The van der Waals surface area contributed by atoms with Crippen LogP contribution < -0.4 is 24.2 Å². The maximum absolute atomic E-state index is 13.0. The molecule has 2 N–H and O–H groups in total. The van der Waals surface area contributed by atoms with Gasteiger partial charge in [0, 0.05) is 11.3 Å². The van der Waals surface area contributed by atoms with E-state index in [1.807, 2.05) is 6.92 Å². The van der Waals surface area contributed by atoms with Crippen molar-refractivity contribution in [1.82, 2.24) is 0 Å². The Labute approximate surface area is 197 Å². The second-order valence-corrected chi connectivity index (χ2v) is 8.76. The van der Waals surface area contributed by atoms with Crippen molar-refractivity contribution in [3.8, 4) is 17.2 Å². The largest absolute Gasteiger partial charge is 0.495 e. The van der Waals surface area contributed by atoms with E-state index < -0.39 is 15.9 Å². The highest BCUT2D eigenvalue weighted by Gasteiger charge is 2.22. The van der Waals surface area contributed by atoms with Crippen LogP contribution in [0.2, 0.25) is 5.02 Å². The molecule has 0 saturated carbocycles. The van der Waals surface area contributed by atoms with Crippen molar-refractivity contribution >= 4 is 38.9 Å². The second-order valence-electron chi connectivity index (χ2n) is 6.70. The Hall–Kier alpha value is -3.43. The molecule has 0 spiro atoms. The van der Waals surface area contributed by atoms with Crippen LogP contribution in [0.5, 0.6) is 17.2 Å². The number of rotatable bonds is 9. The summed E-state index contributed by atoms with van der Waals surface area (Å²) in [6.07, 6.45) is 0. The van der Waals surface area contributed by atoms with Crippen molar-refractivity contribution < 1.29 is 27.4 Å². The van der Waals surface area contributed by atoms with E-state index in [9.17, 15) is 13.2 Å². The molecule has 8 nitrogen and oxygen atoms in total. The van der Waals surface area contributed by atoms with Gasteiger partial charge in [-0.05, 0) is 55.5 Å². The lowest BCUT2D eigenvalue weighted by atomic mass is 10.2. The minimum atomic E-state index is -4.07. The first kappa shape index (κ1) is 24.2. The maximum Gasteiger partial charge on any atom is 0.265 e. The lowest BCUT2D eigenvalue weighted by Gasteiger charge is -2.15. The lowest BCUT2D eigenvalue weighted by molar-refractivity contribution is 0.102. The van der Waals surface area contributed by atoms with Gasteiger partial charge in [-0.2, -0.15) is 0 Å². The molecule has 0 bridgehead atoms. The quantitative estimate of drug-likeness (QED) is 0.446. The van der Waals surface area contributed by atoms with E-state index in [1.54, 1.807) is 36.4 Å². The third-order valence-corrected chi connectivity index (χ3v) is 6.27. The van der Waals surface area contributed by atoms with E-state index in [1.165, 1.54) is 38.5 Å². The van der Waals surface area contributed by atoms with Crippen LogP contribution in [-0.2, 0) is 10.0 Å². The van der Waals surface area contributed by atoms with Crippen LogP contribution in [0.15, 0.2) is 65.6 Å². The zero-order valence-electron chi connectivity index (χ0n) is 18.2. The highest BCUT2D eigenvalue weighted by Crippen LogP contribution is 2.32. The second kappa shape index (κ2) is 10.5. The fourth-order valence-electron chi connectivity index (χ4n) is 3.00. The molecule has 0 atom stereocenters. The van der Waals surface area contributed by atoms with E-state index in [2.05, 4.69) is 10.0 Å². The normalized spacial score (nSPS) is 10.9. The van der Waals surface area contributed by atoms with E-state index in [-0.39, 0.29) is 27.0 Å². The van der Waals surface area contributed by atoms with Gasteiger partial charge in [-0.3, -0.25) is 9.52 Å². The molecule has 0 radical (unpaired) electrons. The lowest BCUT2D eigenvalue weighted by Crippen LogP contribution is -2.16. The molecule has 3 aromatic rings. The Bertz CT molecular complexity index is 1260. The first-order valence-corrected chi connectivity index (χ1v) is 11.7. The Balaban J connectivity index is 1.89. The summed E-state index contributed by atoms with van der Waals surface area (Å²) in [6.45, 7) is 2.29. The monoisotopic (exact) mass is 490 g/mol. The minimum Gasteiger partial charge on any atom is -0.495 e. The highest BCUT2D eigenvalue weighted by molar-refractivity contribution is 7.92. The summed E-state index contributed by atoms with van der Waals surface area (Å²) in [4.78, 5) is 12.6. The fraction of sp³-hybridized carbons (Fsp3) is 0.174. The van der Waals surface area contributed by atoms with Crippen molar-refractivity contribution in [3.05, 3.63) is 71.2 Å². The summed E-state index contributed by atoms with van der Waals surface area (Å²) in [6, 6.07) is 15.5. The number of carbonyl (C=O) groups is 1. The Morgan fingerprint density at radius 3 is 2.30 bits per heavy atom. The van der Waals surface area contributed by atoms with Gasteiger partial charge in [-0.1, -0.05) is 23.7 Å². The van der Waals surface area contributed by atoms with Crippen molar-refractivity contribution in [2.45, 2.75) is 11.8 Å². The number of hydrogen-bond donors (Lipinski definition) is 2. The molecule has 0 heterocycles. The number of hydrogen-bond acceptors (Lipinski definition) is 6. The predicted octanol–water partition coefficient (Wildman–Crippen LogP) is 4.81. The van der Waals surface area contributed by atoms with Crippen LogP contribution in [-0.4, -0.2) is 35.2 Å². The maximum atomic E-state index is 13.0. The molecule has 10 heteroatoms. The molecule has 0 aliphatic rings. The first-order chi connectivity index (χ1) is 15.8. The molecule has 0 saturated heterocycles. The number of halogens is 1. The number of anilines is 2. The fourth-order valence-corrected chi connectivity index (χ4v) is 4.51. The van der Waals surface area contributed by atoms with Gasteiger partial charge in [0.2, 0.25) is 0 Å². The smallest absolute Gasteiger partial charge is 0.265 e. The number of para-hydroxylation sites is 1. The molecule has 0 aliphatic heterocycles. The molecule has 0 unspecified atom stereocenters. The van der Waals surface area contributed by atoms with Gasteiger partial charge in [-0.15, -0.1) is 0 Å². The van der Waals surface area contributed by atoms with Crippen LogP contribution in [0.3, 0.4) is 0 Å². The van der Waals surface area contributed by atoms with Gasteiger partial charge in [0.25, 0.3) is 15.9 Å². The minimum absolute atomic E-state index is 0.107. The van der Waals surface area contributed by atoms with Gasteiger partial charge in [0.15, 0.2) is 11.5 Å². The number of methoxy groups -OCH3 is 2. The molecule has 3 rings (SSSR count).